The molecule has 1 fully saturated rings. The molecule has 0 bridgehead atoms. The molecule has 0 amide bonds. The fraction of sp³-hybridized carbons (Fsp3) is 0.533. The number of Topliss-reactive ketones (excluding diaryl/α,β-unsaturated/α-hetero) is 1. The maximum atomic E-state index is 12.4. The van der Waals surface area contributed by atoms with Crippen molar-refractivity contribution in [1.29, 1.82) is 0 Å². The third-order valence-corrected chi connectivity index (χ3v) is 3.71. The molecule has 1 aromatic rings. The number of hydrogen-bond donors (Lipinski definition) is 1. The summed E-state index contributed by atoms with van der Waals surface area (Å²) in [5.74, 6) is 0.740. The lowest BCUT2D eigenvalue weighted by Crippen LogP contribution is -2.44. The first-order chi connectivity index (χ1) is 8.03. The predicted octanol–water partition coefficient (Wildman–Crippen LogP) is 3.13. The average molecular weight is 231 g/mol. The largest absolute Gasteiger partial charge is 0.305 e. The van der Waals surface area contributed by atoms with Crippen LogP contribution >= 0.6 is 0 Å². The van der Waals surface area contributed by atoms with Gasteiger partial charge in [0.15, 0.2) is 5.78 Å². The molecule has 1 N–H and O–H groups in total. The van der Waals surface area contributed by atoms with Gasteiger partial charge >= 0.3 is 0 Å². The van der Waals surface area contributed by atoms with Gasteiger partial charge in [0.2, 0.25) is 0 Å². The number of nitrogens with one attached hydrogen (secondary N) is 1. The summed E-state index contributed by atoms with van der Waals surface area (Å²) in [5.41, 5.74) is 1.76. The van der Waals surface area contributed by atoms with E-state index in [0.717, 1.165) is 24.9 Å². The third kappa shape index (κ3) is 2.42. The van der Waals surface area contributed by atoms with E-state index in [4.69, 9.17) is 0 Å². The summed E-state index contributed by atoms with van der Waals surface area (Å²) in [4.78, 5) is 12.4. The zero-order chi connectivity index (χ0) is 12.5. The highest BCUT2D eigenvalue weighted by atomic mass is 16.1. The van der Waals surface area contributed by atoms with Crippen molar-refractivity contribution in [2.75, 3.05) is 6.54 Å². The van der Waals surface area contributed by atoms with E-state index in [0.29, 0.717) is 5.92 Å². The van der Waals surface area contributed by atoms with Crippen LogP contribution in [0.5, 0.6) is 0 Å². The number of rotatable bonds is 3. The molecular formula is C15H21NO. The Kier molecular flexibility index (Phi) is 3.34. The Bertz CT molecular complexity index is 399. The van der Waals surface area contributed by atoms with Crippen molar-refractivity contribution in [3.05, 3.63) is 35.4 Å². The Balaban J connectivity index is 2.20. The van der Waals surface area contributed by atoms with E-state index in [9.17, 15) is 4.79 Å². The molecule has 92 valence electrons. The minimum absolute atomic E-state index is 0.227. The molecule has 2 nitrogen and oxygen atoms in total. The smallest absolute Gasteiger partial charge is 0.182 e. The second kappa shape index (κ2) is 4.61. The van der Waals surface area contributed by atoms with Crippen molar-refractivity contribution in [1.82, 2.24) is 5.32 Å². The topological polar surface area (TPSA) is 29.1 Å². The van der Waals surface area contributed by atoms with E-state index in [1.165, 1.54) is 5.56 Å². The third-order valence-electron chi connectivity index (χ3n) is 3.71. The minimum atomic E-state index is -0.348. The summed E-state index contributed by atoms with van der Waals surface area (Å²) in [5, 5.41) is 3.32. The van der Waals surface area contributed by atoms with Crippen LogP contribution in [0.15, 0.2) is 24.3 Å². The Morgan fingerprint density at radius 3 is 2.41 bits per heavy atom. The Morgan fingerprint density at radius 1 is 1.29 bits per heavy atom. The normalized spacial score (nSPS) is 24.2. The Morgan fingerprint density at radius 2 is 1.94 bits per heavy atom. The molecule has 1 aliphatic heterocycles. The highest BCUT2D eigenvalue weighted by Crippen LogP contribution is 2.24. The molecule has 0 saturated carbocycles. The van der Waals surface area contributed by atoms with Crippen LogP contribution in [-0.2, 0) is 0 Å². The maximum absolute atomic E-state index is 12.4. The maximum Gasteiger partial charge on any atom is 0.182 e. The minimum Gasteiger partial charge on any atom is -0.305 e. The van der Waals surface area contributed by atoms with Crippen LogP contribution in [0.1, 0.15) is 55.5 Å². The summed E-state index contributed by atoms with van der Waals surface area (Å²) >= 11 is 0. The number of ketones is 1. The van der Waals surface area contributed by atoms with Gasteiger partial charge in [0.1, 0.15) is 0 Å². The van der Waals surface area contributed by atoms with Crippen LogP contribution in [0, 0.1) is 0 Å². The number of carbonyl (C=O) groups is 1. The first kappa shape index (κ1) is 12.3. The number of benzene rings is 1. The van der Waals surface area contributed by atoms with Crippen LogP contribution in [-0.4, -0.2) is 17.9 Å². The van der Waals surface area contributed by atoms with Crippen molar-refractivity contribution >= 4 is 5.78 Å². The van der Waals surface area contributed by atoms with Gasteiger partial charge in [-0.2, -0.15) is 0 Å². The van der Waals surface area contributed by atoms with Gasteiger partial charge in [0.05, 0.1) is 5.54 Å². The molecule has 1 unspecified atom stereocenters. The van der Waals surface area contributed by atoms with Gasteiger partial charge in [-0.15, -0.1) is 0 Å². The summed E-state index contributed by atoms with van der Waals surface area (Å²) in [6, 6.07) is 8.05. The van der Waals surface area contributed by atoms with Crippen molar-refractivity contribution in [3.8, 4) is 0 Å². The van der Waals surface area contributed by atoms with Gasteiger partial charge in [-0.05, 0) is 37.8 Å². The summed E-state index contributed by atoms with van der Waals surface area (Å²) in [7, 11) is 0. The molecule has 0 radical (unpaired) electrons. The molecule has 1 aromatic carbocycles. The lowest BCUT2D eigenvalue weighted by Gasteiger charge is -2.22. The van der Waals surface area contributed by atoms with Crippen LogP contribution in [0.3, 0.4) is 0 Å². The number of carbonyl (C=O) groups excluding carboxylic acids is 1. The lowest BCUT2D eigenvalue weighted by molar-refractivity contribution is 0.0884. The van der Waals surface area contributed by atoms with Gasteiger partial charge in [-0.3, -0.25) is 4.79 Å². The molecular weight excluding hydrogens is 210 g/mol. The zero-order valence-electron chi connectivity index (χ0n) is 10.9. The van der Waals surface area contributed by atoms with Crippen LogP contribution in [0.2, 0.25) is 0 Å². The molecule has 17 heavy (non-hydrogen) atoms. The molecule has 1 heterocycles. The van der Waals surface area contributed by atoms with Crippen molar-refractivity contribution in [2.45, 2.75) is 45.1 Å². The molecule has 2 rings (SSSR count). The fourth-order valence-corrected chi connectivity index (χ4v) is 2.43. The van der Waals surface area contributed by atoms with Gasteiger partial charge < -0.3 is 5.32 Å². The predicted molar refractivity (Wildman–Crippen MR) is 70.5 cm³/mol. The van der Waals surface area contributed by atoms with Gasteiger partial charge in [0.25, 0.3) is 0 Å². The molecule has 0 aliphatic carbocycles. The highest BCUT2D eigenvalue weighted by Gasteiger charge is 2.36. The molecule has 1 saturated heterocycles. The van der Waals surface area contributed by atoms with E-state index in [2.05, 4.69) is 31.3 Å². The van der Waals surface area contributed by atoms with E-state index < -0.39 is 0 Å². The quantitative estimate of drug-likeness (QED) is 0.810. The second-order valence-electron chi connectivity index (χ2n) is 5.47. The summed E-state index contributed by atoms with van der Waals surface area (Å²) < 4.78 is 0. The highest BCUT2D eigenvalue weighted by molar-refractivity contribution is 6.03. The van der Waals surface area contributed by atoms with Crippen molar-refractivity contribution in [3.63, 3.8) is 0 Å². The van der Waals surface area contributed by atoms with Crippen LogP contribution in [0.4, 0.5) is 0 Å². The average Bonchev–Trinajstić information content (AvgIpc) is 2.76. The van der Waals surface area contributed by atoms with E-state index >= 15 is 0 Å². The molecule has 0 aromatic heterocycles. The monoisotopic (exact) mass is 231 g/mol. The van der Waals surface area contributed by atoms with Crippen LogP contribution < -0.4 is 5.32 Å². The SMILES string of the molecule is CC(C)c1ccc(C(=O)C2(C)CCCN2)cc1. The van der Waals surface area contributed by atoms with Gasteiger partial charge in [0, 0.05) is 5.56 Å². The first-order valence-electron chi connectivity index (χ1n) is 6.43. The Hall–Kier alpha value is -1.15. The zero-order valence-corrected chi connectivity index (χ0v) is 10.9. The summed E-state index contributed by atoms with van der Waals surface area (Å²) in [6.45, 7) is 7.29. The van der Waals surface area contributed by atoms with Gasteiger partial charge in [-0.25, -0.2) is 0 Å². The standard InChI is InChI=1S/C15H21NO/c1-11(2)12-5-7-13(8-6-12)14(17)15(3)9-4-10-16-15/h5-8,11,16H,4,9-10H2,1-3H3. The van der Waals surface area contributed by atoms with Gasteiger partial charge in [-0.1, -0.05) is 38.1 Å². The lowest BCUT2D eigenvalue weighted by atomic mass is 9.89. The molecule has 1 atom stereocenters. The van der Waals surface area contributed by atoms with Crippen molar-refractivity contribution < 1.29 is 4.79 Å². The molecule has 2 heteroatoms. The first-order valence-corrected chi connectivity index (χ1v) is 6.43. The van der Waals surface area contributed by atoms with Crippen LogP contribution in [0.25, 0.3) is 0 Å². The fourth-order valence-electron chi connectivity index (χ4n) is 2.43. The second-order valence-corrected chi connectivity index (χ2v) is 5.47. The van der Waals surface area contributed by atoms with E-state index in [1.807, 2.05) is 19.1 Å². The molecule has 0 spiro atoms. The van der Waals surface area contributed by atoms with E-state index in [-0.39, 0.29) is 11.3 Å². The molecule has 1 aliphatic rings. The number of hydrogen-bond acceptors (Lipinski definition) is 2. The summed E-state index contributed by atoms with van der Waals surface area (Å²) in [6.07, 6.45) is 2.03. The van der Waals surface area contributed by atoms with E-state index in [1.54, 1.807) is 0 Å². The van der Waals surface area contributed by atoms with Crippen molar-refractivity contribution in [2.24, 2.45) is 0 Å². The Labute approximate surface area is 103 Å².